The van der Waals surface area contributed by atoms with E-state index in [0.717, 1.165) is 21.0 Å². The molecule has 2 aliphatic rings. The summed E-state index contributed by atoms with van der Waals surface area (Å²) >= 11 is 2.31. The first-order valence-corrected chi connectivity index (χ1v) is 11.1. The van der Waals surface area contributed by atoms with Crippen LogP contribution in [0.4, 0.5) is 0 Å². The van der Waals surface area contributed by atoms with Crippen LogP contribution in [0.1, 0.15) is 57.6 Å². The van der Waals surface area contributed by atoms with E-state index >= 15 is 0 Å². The zero-order valence-electron chi connectivity index (χ0n) is 16.5. The first kappa shape index (κ1) is 21.1. The first-order valence-electron chi connectivity index (χ1n) is 10.0. The van der Waals surface area contributed by atoms with E-state index in [1.807, 2.05) is 24.3 Å². The van der Waals surface area contributed by atoms with E-state index in [9.17, 15) is 4.79 Å². The average molecular weight is 486 g/mol. The number of fused-ring (bicyclic) bond motifs is 2. The maximum atomic E-state index is 12.8. The molecule has 150 valence electrons. The van der Waals surface area contributed by atoms with Gasteiger partial charge in [0.05, 0.1) is 0 Å². The van der Waals surface area contributed by atoms with E-state index in [-0.39, 0.29) is 30.9 Å². The molecule has 3 unspecified atom stereocenters. The molecule has 2 aliphatic carbocycles. The van der Waals surface area contributed by atoms with Crippen molar-refractivity contribution in [2.45, 2.75) is 58.2 Å². The molecule has 0 saturated heterocycles. The Morgan fingerprint density at radius 2 is 2.00 bits per heavy atom. The highest BCUT2D eigenvalue weighted by Crippen LogP contribution is 2.49. The molecule has 27 heavy (non-hydrogen) atoms. The molecule has 5 heteroatoms. The highest BCUT2D eigenvalue weighted by atomic mass is 127. The Kier molecular flexibility index (Phi) is 7.57. The lowest BCUT2D eigenvalue weighted by atomic mass is 9.86. The lowest BCUT2D eigenvalue weighted by Crippen LogP contribution is -2.33. The van der Waals surface area contributed by atoms with Gasteiger partial charge in [-0.1, -0.05) is 38.5 Å². The molecule has 0 aliphatic heterocycles. The van der Waals surface area contributed by atoms with E-state index in [0.29, 0.717) is 12.3 Å². The number of hydrogen-bond acceptors (Lipinski definition) is 4. The van der Waals surface area contributed by atoms with Gasteiger partial charge in [-0.2, -0.15) is 0 Å². The third-order valence-corrected chi connectivity index (χ3v) is 7.10. The van der Waals surface area contributed by atoms with Crippen LogP contribution in [-0.2, 0) is 19.0 Å². The van der Waals surface area contributed by atoms with Gasteiger partial charge in [0.15, 0.2) is 0 Å². The fourth-order valence-corrected chi connectivity index (χ4v) is 5.49. The van der Waals surface area contributed by atoms with Crippen molar-refractivity contribution < 1.29 is 19.0 Å². The van der Waals surface area contributed by atoms with Crippen molar-refractivity contribution in [1.82, 2.24) is 0 Å². The van der Waals surface area contributed by atoms with Crippen LogP contribution in [0, 0.1) is 27.2 Å². The van der Waals surface area contributed by atoms with Crippen molar-refractivity contribution in [3.63, 3.8) is 0 Å². The van der Waals surface area contributed by atoms with Crippen LogP contribution in [0.5, 0.6) is 0 Å². The molecular weight excluding hydrogens is 455 g/mol. The van der Waals surface area contributed by atoms with Crippen LogP contribution in [0.25, 0.3) is 0 Å². The van der Waals surface area contributed by atoms with Gasteiger partial charge in [0.25, 0.3) is 0 Å². The number of benzene rings is 1. The molecule has 0 aromatic heterocycles. The maximum Gasteiger partial charge on any atom is 0.306 e. The van der Waals surface area contributed by atoms with Gasteiger partial charge in [-0.05, 0) is 77.2 Å². The number of carbonyl (C=O) groups is 1. The lowest BCUT2D eigenvalue weighted by Gasteiger charge is -2.31. The first-order chi connectivity index (χ1) is 13.0. The van der Waals surface area contributed by atoms with Crippen LogP contribution in [0.15, 0.2) is 24.3 Å². The Morgan fingerprint density at radius 3 is 2.59 bits per heavy atom. The number of hydrogen-bond donors (Lipinski definition) is 0. The molecule has 4 nitrogen and oxygen atoms in total. The number of methoxy groups -OCH3 is 1. The maximum absolute atomic E-state index is 12.8. The van der Waals surface area contributed by atoms with Gasteiger partial charge in [0.2, 0.25) is 0 Å². The molecule has 0 N–H and O–H groups in total. The molecule has 5 atom stereocenters. The highest BCUT2D eigenvalue weighted by molar-refractivity contribution is 14.1. The van der Waals surface area contributed by atoms with Crippen molar-refractivity contribution in [2.24, 2.45) is 23.7 Å². The minimum Gasteiger partial charge on any atom is -0.459 e. The molecule has 0 amide bonds. The second-order valence-corrected chi connectivity index (χ2v) is 9.52. The SMILES string of the molecule is COCO[C@@H](c1ccccc1I)[C@@H](OC(=O)CC1CC2CCC1C2)C(C)C. The Balaban J connectivity index is 1.70. The van der Waals surface area contributed by atoms with E-state index in [2.05, 4.69) is 36.4 Å². The fraction of sp³-hybridized carbons (Fsp3) is 0.682. The molecule has 2 fully saturated rings. The molecular formula is C22H31IO4. The average Bonchev–Trinajstić information content (AvgIpc) is 3.25. The summed E-state index contributed by atoms with van der Waals surface area (Å²) in [4.78, 5) is 12.8. The Bertz CT molecular complexity index is 632. The highest BCUT2D eigenvalue weighted by Gasteiger charge is 2.41. The molecule has 2 saturated carbocycles. The smallest absolute Gasteiger partial charge is 0.306 e. The van der Waals surface area contributed by atoms with E-state index in [4.69, 9.17) is 14.2 Å². The van der Waals surface area contributed by atoms with Gasteiger partial charge >= 0.3 is 5.97 Å². The second kappa shape index (κ2) is 9.70. The van der Waals surface area contributed by atoms with E-state index < -0.39 is 0 Å². The minimum atomic E-state index is -0.331. The van der Waals surface area contributed by atoms with Crippen molar-refractivity contribution in [3.05, 3.63) is 33.4 Å². The third-order valence-electron chi connectivity index (χ3n) is 6.11. The summed E-state index contributed by atoms with van der Waals surface area (Å²) < 4.78 is 18.3. The monoisotopic (exact) mass is 486 g/mol. The number of ether oxygens (including phenoxy) is 3. The van der Waals surface area contributed by atoms with Gasteiger partial charge in [0, 0.05) is 17.1 Å². The predicted molar refractivity (Wildman–Crippen MR) is 113 cm³/mol. The third kappa shape index (κ3) is 5.24. The van der Waals surface area contributed by atoms with Crippen molar-refractivity contribution in [3.8, 4) is 0 Å². The minimum absolute atomic E-state index is 0.0804. The Morgan fingerprint density at radius 1 is 1.22 bits per heavy atom. The fourth-order valence-electron chi connectivity index (χ4n) is 4.80. The summed E-state index contributed by atoms with van der Waals surface area (Å²) in [5, 5.41) is 0. The molecule has 0 spiro atoms. The van der Waals surface area contributed by atoms with Crippen LogP contribution in [0.2, 0.25) is 0 Å². The molecule has 0 heterocycles. The van der Waals surface area contributed by atoms with Gasteiger partial charge in [-0.25, -0.2) is 0 Å². The normalized spacial score (nSPS) is 26.3. The number of carbonyl (C=O) groups excluding carboxylic acids is 1. The molecule has 1 aromatic carbocycles. The predicted octanol–water partition coefficient (Wildman–Crippen LogP) is 5.35. The van der Waals surface area contributed by atoms with E-state index in [1.165, 1.54) is 25.7 Å². The zero-order chi connectivity index (χ0) is 19.4. The number of rotatable bonds is 9. The van der Waals surface area contributed by atoms with Gasteiger partial charge in [0.1, 0.15) is 19.0 Å². The van der Waals surface area contributed by atoms with Crippen LogP contribution in [0.3, 0.4) is 0 Å². The van der Waals surface area contributed by atoms with Crippen molar-refractivity contribution in [1.29, 1.82) is 0 Å². The van der Waals surface area contributed by atoms with Gasteiger partial charge in [-0.15, -0.1) is 0 Å². The Labute approximate surface area is 176 Å². The van der Waals surface area contributed by atoms with Crippen LogP contribution in [-0.4, -0.2) is 26.0 Å². The Hall–Kier alpha value is -0.660. The quantitative estimate of drug-likeness (QED) is 0.268. The summed E-state index contributed by atoms with van der Waals surface area (Å²) in [7, 11) is 1.61. The van der Waals surface area contributed by atoms with Crippen LogP contribution < -0.4 is 0 Å². The van der Waals surface area contributed by atoms with Crippen molar-refractivity contribution in [2.75, 3.05) is 13.9 Å². The molecule has 1 aromatic rings. The standard InChI is InChI=1S/C22H31IO4/c1-14(2)21(22(26-13-25-3)18-6-4-5-7-19(18)23)27-20(24)12-17-11-15-8-9-16(17)10-15/h4-7,14-17,21-22H,8-13H2,1-3H3/t15?,16?,17?,21-,22-/m0/s1. The number of halogens is 1. The number of esters is 1. The summed E-state index contributed by atoms with van der Waals surface area (Å²) in [6.45, 7) is 4.33. The van der Waals surface area contributed by atoms with Gasteiger partial charge in [-0.3, -0.25) is 4.79 Å². The molecule has 3 rings (SSSR count). The topological polar surface area (TPSA) is 44.8 Å². The lowest BCUT2D eigenvalue weighted by molar-refractivity contribution is -0.173. The van der Waals surface area contributed by atoms with Crippen LogP contribution >= 0.6 is 22.6 Å². The summed E-state index contributed by atoms with van der Waals surface area (Å²) in [6.07, 6.45) is 5.04. The second-order valence-electron chi connectivity index (χ2n) is 8.35. The van der Waals surface area contributed by atoms with Gasteiger partial charge < -0.3 is 14.2 Å². The molecule has 0 radical (unpaired) electrons. The largest absolute Gasteiger partial charge is 0.459 e. The molecule has 2 bridgehead atoms. The summed E-state index contributed by atoms with van der Waals surface area (Å²) in [5.41, 5.74) is 1.04. The van der Waals surface area contributed by atoms with Crippen molar-refractivity contribution >= 4 is 28.6 Å². The summed E-state index contributed by atoms with van der Waals surface area (Å²) in [5.74, 6) is 2.15. The summed E-state index contributed by atoms with van der Waals surface area (Å²) in [6, 6.07) is 8.09. The van der Waals surface area contributed by atoms with E-state index in [1.54, 1.807) is 7.11 Å². The zero-order valence-corrected chi connectivity index (χ0v) is 18.7.